The van der Waals surface area contributed by atoms with Crippen molar-refractivity contribution in [3.8, 4) is 28.7 Å². The molecule has 2 N–H and O–H groups in total. The Labute approximate surface area is 179 Å². The standard InChI is InChI=1S/C23H24N2O6/c1-27-15-7-16(30-13-14-4-6-29-12-14)9-17(8-15)31-21-3-5-25-20-11-22(28-2)19(23(24)26)10-18(20)21/h3,5,7-11,14H,4,6,12-13H2,1-2H3,(H2,24,26). The molecule has 0 aliphatic carbocycles. The summed E-state index contributed by atoms with van der Waals surface area (Å²) in [7, 11) is 3.06. The van der Waals surface area contributed by atoms with Crippen LogP contribution in [0.2, 0.25) is 0 Å². The second-order valence-corrected chi connectivity index (χ2v) is 7.23. The van der Waals surface area contributed by atoms with Crippen molar-refractivity contribution in [3.05, 3.63) is 48.2 Å². The molecule has 8 heteroatoms. The van der Waals surface area contributed by atoms with Crippen molar-refractivity contribution in [2.75, 3.05) is 34.0 Å². The van der Waals surface area contributed by atoms with Crippen molar-refractivity contribution in [1.29, 1.82) is 0 Å². The molecule has 2 aromatic carbocycles. The minimum Gasteiger partial charge on any atom is -0.496 e. The summed E-state index contributed by atoms with van der Waals surface area (Å²) in [6.07, 6.45) is 2.61. The average molecular weight is 424 g/mol. The van der Waals surface area contributed by atoms with Gasteiger partial charge in [-0.05, 0) is 18.6 Å². The number of primary amides is 1. The maximum absolute atomic E-state index is 11.8. The number of hydrogen-bond acceptors (Lipinski definition) is 7. The first-order valence-corrected chi connectivity index (χ1v) is 9.91. The molecule has 3 aromatic rings. The van der Waals surface area contributed by atoms with E-state index in [4.69, 9.17) is 29.4 Å². The molecule has 1 aliphatic rings. The number of carbonyl (C=O) groups excluding carboxylic acids is 1. The van der Waals surface area contributed by atoms with Crippen LogP contribution in [0.4, 0.5) is 0 Å². The predicted molar refractivity (Wildman–Crippen MR) is 114 cm³/mol. The van der Waals surface area contributed by atoms with Gasteiger partial charge in [-0.25, -0.2) is 0 Å². The van der Waals surface area contributed by atoms with Gasteiger partial charge in [-0.3, -0.25) is 9.78 Å². The number of pyridine rings is 1. The third kappa shape index (κ3) is 4.64. The first-order valence-electron chi connectivity index (χ1n) is 9.91. The Hall–Kier alpha value is -3.52. The minimum absolute atomic E-state index is 0.251. The molecule has 0 radical (unpaired) electrons. The third-order valence-electron chi connectivity index (χ3n) is 5.12. The summed E-state index contributed by atoms with van der Waals surface area (Å²) in [6, 6.07) is 10.4. The fourth-order valence-electron chi connectivity index (χ4n) is 3.46. The van der Waals surface area contributed by atoms with Crippen LogP contribution < -0.4 is 24.7 Å². The van der Waals surface area contributed by atoms with Crippen LogP contribution in [0, 0.1) is 5.92 Å². The van der Waals surface area contributed by atoms with Gasteiger partial charge >= 0.3 is 0 Å². The summed E-state index contributed by atoms with van der Waals surface area (Å²) in [5.74, 6) is 2.42. The molecule has 8 nitrogen and oxygen atoms in total. The Bertz CT molecular complexity index is 1090. The maximum atomic E-state index is 11.8. The van der Waals surface area contributed by atoms with Crippen LogP contribution in [0.5, 0.6) is 28.7 Å². The lowest BCUT2D eigenvalue weighted by Crippen LogP contribution is -2.12. The number of nitrogens with two attached hydrogens (primary N) is 1. The predicted octanol–water partition coefficient (Wildman–Crippen LogP) is 3.56. The summed E-state index contributed by atoms with van der Waals surface area (Å²) in [6.45, 7) is 2.04. The molecule has 1 fully saturated rings. The monoisotopic (exact) mass is 424 g/mol. The molecule has 162 valence electrons. The number of ether oxygens (including phenoxy) is 5. The fraction of sp³-hybridized carbons (Fsp3) is 0.304. The van der Waals surface area contributed by atoms with Crippen LogP contribution in [-0.2, 0) is 4.74 Å². The van der Waals surface area contributed by atoms with Crippen molar-refractivity contribution in [1.82, 2.24) is 4.98 Å². The molecule has 1 amide bonds. The zero-order chi connectivity index (χ0) is 21.8. The maximum Gasteiger partial charge on any atom is 0.252 e. The number of methoxy groups -OCH3 is 2. The summed E-state index contributed by atoms with van der Waals surface area (Å²) in [4.78, 5) is 16.2. The Balaban J connectivity index is 1.65. The zero-order valence-corrected chi connectivity index (χ0v) is 17.4. The number of nitrogens with zero attached hydrogens (tertiary/aromatic N) is 1. The lowest BCUT2D eigenvalue weighted by atomic mass is 10.1. The molecule has 1 unspecified atom stereocenters. The van der Waals surface area contributed by atoms with E-state index in [1.165, 1.54) is 7.11 Å². The van der Waals surface area contributed by atoms with Crippen LogP contribution in [0.1, 0.15) is 16.8 Å². The van der Waals surface area contributed by atoms with Gasteiger partial charge in [-0.15, -0.1) is 0 Å². The van der Waals surface area contributed by atoms with Crippen molar-refractivity contribution in [3.63, 3.8) is 0 Å². The fourth-order valence-corrected chi connectivity index (χ4v) is 3.46. The van der Waals surface area contributed by atoms with E-state index in [1.54, 1.807) is 43.6 Å². The molecule has 0 saturated carbocycles. The van der Waals surface area contributed by atoms with Crippen molar-refractivity contribution in [2.45, 2.75) is 6.42 Å². The van der Waals surface area contributed by atoms with Crippen LogP contribution in [0.3, 0.4) is 0 Å². The van der Waals surface area contributed by atoms with Gasteiger partial charge in [0.15, 0.2) is 0 Å². The first-order chi connectivity index (χ1) is 15.1. The largest absolute Gasteiger partial charge is 0.496 e. The van der Waals surface area contributed by atoms with E-state index < -0.39 is 5.91 Å². The van der Waals surface area contributed by atoms with E-state index in [0.717, 1.165) is 13.0 Å². The second kappa shape index (κ2) is 9.09. The third-order valence-corrected chi connectivity index (χ3v) is 5.12. The van der Waals surface area contributed by atoms with E-state index in [2.05, 4.69) is 4.98 Å². The Morgan fingerprint density at radius 1 is 1.10 bits per heavy atom. The van der Waals surface area contributed by atoms with Gasteiger partial charge in [0, 0.05) is 48.4 Å². The van der Waals surface area contributed by atoms with Gasteiger partial charge < -0.3 is 29.4 Å². The highest BCUT2D eigenvalue weighted by Gasteiger charge is 2.17. The van der Waals surface area contributed by atoms with Gasteiger partial charge in [0.25, 0.3) is 5.91 Å². The SMILES string of the molecule is COc1cc(OCC2CCOC2)cc(Oc2ccnc3cc(OC)c(C(N)=O)cc23)c1. The van der Waals surface area contributed by atoms with Gasteiger partial charge in [0.1, 0.15) is 28.7 Å². The highest BCUT2D eigenvalue weighted by atomic mass is 16.5. The smallest absolute Gasteiger partial charge is 0.252 e. The summed E-state index contributed by atoms with van der Waals surface area (Å²) >= 11 is 0. The van der Waals surface area contributed by atoms with Gasteiger partial charge in [-0.1, -0.05) is 0 Å². The average Bonchev–Trinajstić information content (AvgIpc) is 3.30. The van der Waals surface area contributed by atoms with Crippen molar-refractivity contribution >= 4 is 16.8 Å². The summed E-state index contributed by atoms with van der Waals surface area (Å²) in [5, 5.41) is 0.630. The van der Waals surface area contributed by atoms with Crippen LogP contribution >= 0.6 is 0 Å². The van der Waals surface area contributed by atoms with Crippen molar-refractivity contribution in [2.24, 2.45) is 11.7 Å². The first kappa shape index (κ1) is 20.7. The van der Waals surface area contributed by atoms with Gasteiger partial charge in [0.2, 0.25) is 0 Å². The Morgan fingerprint density at radius 2 is 1.90 bits per heavy atom. The van der Waals surface area contributed by atoms with Crippen LogP contribution in [0.25, 0.3) is 10.9 Å². The lowest BCUT2D eigenvalue weighted by Gasteiger charge is -2.15. The number of benzene rings is 2. The summed E-state index contributed by atoms with van der Waals surface area (Å²) < 4.78 is 28.1. The molecule has 1 saturated heterocycles. The quantitative estimate of drug-likeness (QED) is 0.590. The highest BCUT2D eigenvalue weighted by molar-refractivity contribution is 6.01. The highest BCUT2D eigenvalue weighted by Crippen LogP contribution is 2.36. The number of rotatable bonds is 8. The number of hydrogen-bond donors (Lipinski definition) is 1. The number of fused-ring (bicyclic) bond motifs is 1. The second-order valence-electron chi connectivity index (χ2n) is 7.23. The Morgan fingerprint density at radius 3 is 2.61 bits per heavy atom. The Kier molecular flexibility index (Phi) is 6.08. The van der Waals surface area contributed by atoms with Gasteiger partial charge in [-0.2, -0.15) is 0 Å². The van der Waals surface area contributed by atoms with E-state index >= 15 is 0 Å². The lowest BCUT2D eigenvalue weighted by molar-refractivity contribution is 0.0997. The number of aromatic nitrogens is 1. The molecule has 2 heterocycles. The van der Waals surface area contributed by atoms with Crippen LogP contribution in [0.15, 0.2) is 42.6 Å². The van der Waals surface area contributed by atoms with E-state index in [-0.39, 0.29) is 5.56 Å². The molecule has 1 aromatic heterocycles. The molecular weight excluding hydrogens is 400 g/mol. The zero-order valence-electron chi connectivity index (χ0n) is 17.4. The molecule has 0 spiro atoms. The van der Waals surface area contributed by atoms with Gasteiger partial charge in [0.05, 0.1) is 38.5 Å². The van der Waals surface area contributed by atoms with E-state index in [1.807, 2.05) is 6.07 Å². The summed E-state index contributed by atoms with van der Waals surface area (Å²) in [5.41, 5.74) is 6.37. The normalized spacial score (nSPS) is 15.6. The number of carbonyl (C=O) groups is 1. The topological polar surface area (TPSA) is 102 Å². The van der Waals surface area contributed by atoms with Crippen molar-refractivity contribution < 1.29 is 28.5 Å². The molecule has 31 heavy (non-hydrogen) atoms. The molecule has 0 bridgehead atoms. The van der Waals surface area contributed by atoms with Crippen LogP contribution in [-0.4, -0.2) is 44.9 Å². The van der Waals surface area contributed by atoms with E-state index in [0.29, 0.717) is 58.8 Å². The molecular formula is C23H24N2O6. The molecule has 4 rings (SSSR count). The minimum atomic E-state index is -0.596. The number of amides is 1. The molecule has 1 aliphatic heterocycles. The van der Waals surface area contributed by atoms with E-state index in [9.17, 15) is 4.79 Å². The molecule has 1 atom stereocenters.